The number of rotatable bonds is 8. The largest absolute Gasteiger partial charge is 0.451 e. The zero-order chi connectivity index (χ0) is 21.4. The molecular weight excluding hydrogens is 417 g/mol. The number of nitrogens with zero attached hydrogens (tertiary/aromatic N) is 2. The molecule has 0 aliphatic rings. The Morgan fingerprint density at radius 2 is 1.86 bits per heavy atom. The van der Waals surface area contributed by atoms with Crippen molar-refractivity contribution in [2.24, 2.45) is 0 Å². The highest BCUT2D eigenvalue weighted by atomic mass is 35.5. The molecule has 0 radical (unpaired) electrons. The number of anilines is 1. The number of nitrogens with one attached hydrogen (secondary N) is 1. The summed E-state index contributed by atoms with van der Waals surface area (Å²) in [4.78, 5) is 42.1. The highest BCUT2D eigenvalue weighted by Gasteiger charge is 2.21. The minimum absolute atomic E-state index is 0.0647. The first-order valence-corrected chi connectivity index (χ1v) is 9.69. The Kier molecular flexibility index (Phi) is 8.42. The molecule has 0 unspecified atom stereocenters. The zero-order valence-electron chi connectivity index (χ0n) is 16.1. The lowest BCUT2D eigenvalue weighted by Crippen LogP contribution is -2.40. The van der Waals surface area contributed by atoms with E-state index < -0.39 is 18.5 Å². The first kappa shape index (κ1) is 22.6. The minimum Gasteiger partial charge on any atom is -0.451 e. The molecule has 2 rings (SSSR count). The average Bonchev–Trinajstić information content (AvgIpc) is 2.69. The third kappa shape index (κ3) is 6.73. The summed E-state index contributed by atoms with van der Waals surface area (Å²) < 4.78 is 5.00. The maximum absolute atomic E-state index is 12.5. The van der Waals surface area contributed by atoms with Gasteiger partial charge in [-0.2, -0.15) is 0 Å². The fourth-order valence-corrected chi connectivity index (χ4v) is 2.82. The van der Waals surface area contributed by atoms with E-state index in [1.54, 1.807) is 6.07 Å². The number of halogens is 2. The van der Waals surface area contributed by atoms with Gasteiger partial charge in [-0.1, -0.05) is 48.3 Å². The molecule has 0 saturated heterocycles. The first-order chi connectivity index (χ1) is 13.8. The Morgan fingerprint density at radius 3 is 2.55 bits per heavy atom. The molecule has 0 aliphatic heterocycles. The van der Waals surface area contributed by atoms with E-state index in [0.717, 1.165) is 5.56 Å². The summed E-state index contributed by atoms with van der Waals surface area (Å²) in [5.41, 5.74) is 1.41. The summed E-state index contributed by atoms with van der Waals surface area (Å²) in [5.74, 6) is -1.71. The van der Waals surface area contributed by atoms with E-state index >= 15 is 0 Å². The van der Waals surface area contributed by atoms with Crippen LogP contribution in [-0.2, 0) is 14.3 Å². The second-order valence-corrected chi connectivity index (χ2v) is 7.01. The van der Waals surface area contributed by atoms with Crippen LogP contribution in [0.15, 0.2) is 36.4 Å². The van der Waals surface area contributed by atoms with Gasteiger partial charge in [0, 0.05) is 12.2 Å². The molecule has 29 heavy (non-hydrogen) atoms. The normalized spacial score (nSPS) is 10.3. The molecule has 2 amide bonds. The van der Waals surface area contributed by atoms with Gasteiger partial charge in [-0.25, -0.2) is 9.78 Å². The summed E-state index contributed by atoms with van der Waals surface area (Å²) >= 11 is 11.7. The number of amides is 2. The van der Waals surface area contributed by atoms with E-state index in [-0.39, 0.29) is 28.3 Å². The summed E-state index contributed by atoms with van der Waals surface area (Å²) in [6, 6.07) is 10.2. The highest BCUT2D eigenvalue weighted by Crippen LogP contribution is 2.18. The van der Waals surface area contributed by atoms with Gasteiger partial charge in [0.05, 0.1) is 11.6 Å². The van der Waals surface area contributed by atoms with Gasteiger partial charge in [0.2, 0.25) is 5.91 Å². The molecule has 1 N–H and O–H groups in total. The molecule has 0 atom stereocenters. The van der Waals surface area contributed by atoms with Gasteiger partial charge in [0.15, 0.2) is 12.3 Å². The third-order valence-electron chi connectivity index (χ3n) is 3.93. The molecule has 0 aliphatic carbocycles. The van der Waals surface area contributed by atoms with Crippen molar-refractivity contribution in [2.75, 3.05) is 25.0 Å². The molecule has 0 fully saturated rings. The third-order valence-corrected chi connectivity index (χ3v) is 4.45. The van der Waals surface area contributed by atoms with E-state index in [9.17, 15) is 14.4 Å². The Hall–Kier alpha value is -2.64. The lowest BCUT2D eigenvalue weighted by Gasteiger charge is -2.21. The number of carbonyl (C=O) groups excluding carboxylic acids is 3. The highest BCUT2D eigenvalue weighted by molar-refractivity contribution is 6.34. The fourth-order valence-electron chi connectivity index (χ4n) is 2.49. The molecule has 7 nitrogen and oxygen atoms in total. The maximum atomic E-state index is 12.5. The Labute approximate surface area is 179 Å². The van der Waals surface area contributed by atoms with Gasteiger partial charge in [-0.05, 0) is 37.1 Å². The van der Waals surface area contributed by atoms with E-state index in [0.29, 0.717) is 18.7 Å². The van der Waals surface area contributed by atoms with Crippen molar-refractivity contribution in [3.63, 3.8) is 0 Å². The average molecular weight is 438 g/mol. The summed E-state index contributed by atoms with van der Waals surface area (Å²) in [7, 11) is 0. The second-order valence-electron chi connectivity index (χ2n) is 6.22. The number of ether oxygens (including phenoxy) is 1. The van der Waals surface area contributed by atoms with Crippen molar-refractivity contribution in [3.8, 4) is 0 Å². The Balaban J connectivity index is 1.96. The van der Waals surface area contributed by atoms with Crippen molar-refractivity contribution in [1.29, 1.82) is 0 Å². The van der Waals surface area contributed by atoms with Crippen LogP contribution in [0.3, 0.4) is 0 Å². The molecule has 9 heteroatoms. The van der Waals surface area contributed by atoms with Crippen molar-refractivity contribution < 1.29 is 19.1 Å². The van der Waals surface area contributed by atoms with Crippen LogP contribution in [-0.4, -0.2) is 47.4 Å². The van der Waals surface area contributed by atoms with Crippen LogP contribution in [0.5, 0.6) is 0 Å². The summed E-state index contributed by atoms with van der Waals surface area (Å²) in [6.07, 6.45) is 0.638. The molecule has 0 saturated carbocycles. The van der Waals surface area contributed by atoms with E-state index in [1.807, 2.05) is 32.0 Å². The molecule has 1 aromatic carbocycles. The number of hydrogen-bond acceptors (Lipinski definition) is 5. The fraction of sp³-hybridized carbons (Fsp3) is 0.300. The van der Waals surface area contributed by atoms with E-state index in [2.05, 4.69) is 10.3 Å². The number of carbonyl (C=O) groups is 3. The zero-order valence-corrected chi connectivity index (χ0v) is 17.6. The van der Waals surface area contributed by atoms with Crippen molar-refractivity contribution >= 4 is 46.7 Å². The predicted molar refractivity (Wildman–Crippen MR) is 111 cm³/mol. The van der Waals surface area contributed by atoms with Crippen LogP contribution < -0.4 is 5.32 Å². The number of pyridine rings is 1. The molecule has 2 aromatic rings. The molecule has 0 spiro atoms. The Bertz CT molecular complexity index is 905. The SMILES string of the molecule is CCCN(CC(=O)Nc1ccccc1C)C(=O)COC(=O)c1nc(Cl)ccc1Cl. The van der Waals surface area contributed by atoms with Gasteiger partial charge in [0.25, 0.3) is 5.91 Å². The van der Waals surface area contributed by atoms with E-state index in [4.69, 9.17) is 27.9 Å². The number of aryl methyl sites for hydroxylation is 1. The van der Waals surface area contributed by atoms with Gasteiger partial charge in [0.1, 0.15) is 5.15 Å². The predicted octanol–water partition coefficient (Wildman–Crippen LogP) is 3.73. The second kappa shape index (κ2) is 10.8. The Morgan fingerprint density at radius 1 is 1.14 bits per heavy atom. The smallest absolute Gasteiger partial charge is 0.359 e. The monoisotopic (exact) mass is 437 g/mol. The quantitative estimate of drug-likeness (QED) is 0.501. The number of para-hydroxylation sites is 1. The number of esters is 1. The van der Waals surface area contributed by atoms with Gasteiger partial charge in [-0.3, -0.25) is 9.59 Å². The first-order valence-electron chi connectivity index (χ1n) is 8.94. The molecule has 1 aromatic heterocycles. The molecular formula is C20H21Cl2N3O4. The standard InChI is InChI=1S/C20H21Cl2N3O4/c1-3-10-25(11-17(26)23-15-7-5-4-6-13(15)2)18(27)12-29-20(28)19-14(21)8-9-16(22)24-19/h4-9H,3,10-12H2,1-2H3,(H,23,26). The number of hydrogen-bond donors (Lipinski definition) is 1. The molecule has 154 valence electrons. The van der Waals surface area contributed by atoms with Gasteiger partial charge < -0.3 is 15.0 Å². The summed E-state index contributed by atoms with van der Waals surface area (Å²) in [6.45, 7) is 3.39. The lowest BCUT2D eigenvalue weighted by atomic mass is 10.2. The van der Waals surface area contributed by atoms with Crippen LogP contribution in [0.4, 0.5) is 5.69 Å². The van der Waals surface area contributed by atoms with E-state index in [1.165, 1.54) is 17.0 Å². The van der Waals surface area contributed by atoms with Crippen LogP contribution in [0, 0.1) is 6.92 Å². The van der Waals surface area contributed by atoms with Crippen LogP contribution in [0.25, 0.3) is 0 Å². The van der Waals surface area contributed by atoms with Crippen LogP contribution >= 0.6 is 23.2 Å². The topological polar surface area (TPSA) is 88.6 Å². The molecule has 1 heterocycles. The van der Waals surface area contributed by atoms with Crippen LogP contribution in [0.1, 0.15) is 29.4 Å². The van der Waals surface area contributed by atoms with Crippen LogP contribution in [0.2, 0.25) is 10.2 Å². The number of benzene rings is 1. The minimum atomic E-state index is -0.869. The number of aromatic nitrogens is 1. The van der Waals surface area contributed by atoms with Gasteiger partial charge in [-0.15, -0.1) is 0 Å². The van der Waals surface area contributed by atoms with Crippen molar-refractivity contribution in [1.82, 2.24) is 9.88 Å². The van der Waals surface area contributed by atoms with Gasteiger partial charge >= 0.3 is 5.97 Å². The maximum Gasteiger partial charge on any atom is 0.359 e. The molecule has 0 bridgehead atoms. The lowest BCUT2D eigenvalue weighted by molar-refractivity contribution is -0.137. The summed E-state index contributed by atoms with van der Waals surface area (Å²) in [5, 5.41) is 2.92. The van der Waals surface area contributed by atoms with Crippen molar-refractivity contribution in [3.05, 3.63) is 57.8 Å². The van der Waals surface area contributed by atoms with Crippen molar-refractivity contribution in [2.45, 2.75) is 20.3 Å².